The predicted octanol–water partition coefficient (Wildman–Crippen LogP) is -1.04. The van der Waals surface area contributed by atoms with Crippen LogP contribution in [0, 0.1) is 0 Å². The predicted molar refractivity (Wildman–Crippen MR) is 42.1 cm³/mol. The molecule has 0 aromatic heterocycles. The van der Waals surface area contributed by atoms with Crippen molar-refractivity contribution in [3.8, 4) is 0 Å². The fourth-order valence-corrected chi connectivity index (χ4v) is 1.55. The second-order valence-electron chi connectivity index (χ2n) is 2.18. The Morgan fingerprint density at radius 3 is 2.38 bits per heavy atom. The molecule has 1 saturated heterocycles. The van der Waals surface area contributed by atoms with E-state index in [-0.39, 0.29) is 27.3 Å². The molecule has 0 aromatic rings. The summed E-state index contributed by atoms with van der Waals surface area (Å²) in [5.41, 5.74) is 0.675. The van der Waals surface area contributed by atoms with Gasteiger partial charge in [-0.3, -0.25) is 0 Å². The number of rotatable bonds is 0. The van der Waals surface area contributed by atoms with Gasteiger partial charge in [-0.2, -0.15) is 0 Å². The molecule has 1 atom stereocenters. The summed E-state index contributed by atoms with van der Waals surface area (Å²) < 4.78 is 5.34. The number of ether oxygens (including phenoxy) is 1. The molecule has 1 unspecified atom stereocenters. The SMILES string of the molecule is [PbH2].[SiH3]C1CCCCO1. The smallest absolute Gasteiger partial charge is 0.0465 e. The summed E-state index contributed by atoms with van der Waals surface area (Å²) in [6, 6.07) is 0. The molecule has 8 heavy (non-hydrogen) atoms. The van der Waals surface area contributed by atoms with Crippen LogP contribution in [0.1, 0.15) is 19.3 Å². The summed E-state index contributed by atoms with van der Waals surface area (Å²) in [6.45, 7) is 1.02. The molecule has 1 rings (SSSR count). The van der Waals surface area contributed by atoms with Crippen LogP contribution in [0.5, 0.6) is 0 Å². The Morgan fingerprint density at radius 1 is 1.38 bits per heavy atom. The minimum atomic E-state index is 0. The maximum Gasteiger partial charge on any atom is 0.0465 e. The average Bonchev–Trinajstić information content (AvgIpc) is 1.69. The van der Waals surface area contributed by atoms with Crippen LogP contribution in [0.3, 0.4) is 0 Å². The molecule has 1 nitrogen and oxygen atoms in total. The molecular weight excluding hydrogens is 311 g/mol. The van der Waals surface area contributed by atoms with Crippen molar-refractivity contribution in [2.45, 2.75) is 25.0 Å². The zero-order valence-corrected chi connectivity index (χ0v) is 13.0. The molecule has 0 N–H and O–H groups in total. The molecule has 0 aromatic carbocycles. The molecule has 1 aliphatic heterocycles. The van der Waals surface area contributed by atoms with Crippen LogP contribution in [0.2, 0.25) is 0 Å². The van der Waals surface area contributed by atoms with Gasteiger partial charge in [0.15, 0.2) is 0 Å². The molecule has 0 amide bonds. The van der Waals surface area contributed by atoms with E-state index in [2.05, 4.69) is 0 Å². The first-order valence-corrected chi connectivity index (χ1v) is 4.16. The minimum Gasteiger partial charge on any atom is -0.383 e. The second kappa shape index (κ2) is 4.93. The van der Waals surface area contributed by atoms with Crippen LogP contribution in [-0.4, -0.2) is 49.9 Å². The molecular formula is C5H14OPbSi. The third-order valence-corrected chi connectivity index (χ3v) is 2.32. The van der Waals surface area contributed by atoms with E-state index in [1.165, 1.54) is 29.5 Å². The molecule has 48 valence electrons. The normalized spacial score (nSPS) is 29.2. The van der Waals surface area contributed by atoms with Gasteiger partial charge in [0.1, 0.15) is 0 Å². The summed E-state index contributed by atoms with van der Waals surface area (Å²) in [5.74, 6) is 0. The standard InChI is InChI=1S/C5H12OSi.Pb.2H/c7-5-3-1-2-4-6-5;;;/h5H,1-4H2,7H3;;;. The van der Waals surface area contributed by atoms with Gasteiger partial charge >= 0.3 is 27.3 Å². The topological polar surface area (TPSA) is 9.23 Å². The first-order valence-electron chi connectivity index (χ1n) is 3.01. The molecule has 0 aliphatic carbocycles. The zero-order valence-electron chi connectivity index (χ0n) is 5.52. The van der Waals surface area contributed by atoms with Crippen molar-refractivity contribution in [2.24, 2.45) is 0 Å². The third kappa shape index (κ3) is 3.19. The third-order valence-electron chi connectivity index (χ3n) is 1.41. The van der Waals surface area contributed by atoms with Crippen LogP contribution < -0.4 is 0 Å². The average molecular weight is 325 g/mol. The van der Waals surface area contributed by atoms with Gasteiger partial charge in [-0.05, 0) is 19.3 Å². The van der Waals surface area contributed by atoms with Crippen LogP contribution in [0.4, 0.5) is 0 Å². The largest absolute Gasteiger partial charge is 0.383 e. The monoisotopic (exact) mass is 326 g/mol. The summed E-state index contributed by atoms with van der Waals surface area (Å²) in [5, 5.41) is 0. The van der Waals surface area contributed by atoms with Crippen molar-refractivity contribution in [3.63, 3.8) is 0 Å². The summed E-state index contributed by atoms with van der Waals surface area (Å²) >= 11 is 0. The molecule has 0 bridgehead atoms. The van der Waals surface area contributed by atoms with E-state index in [4.69, 9.17) is 4.74 Å². The van der Waals surface area contributed by atoms with Crippen LogP contribution in [-0.2, 0) is 4.74 Å². The Balaban J connectivity index is 0.000000490. The first kappa shape index (κ1) is 9.10. The van der Waals surface area contributed by atoms with Gasteiger partial charge in [0, 0.05) is 22.6 Å². The fraction of sp³-hybridized carbons (Fsp3) is 1.00. The van der Waals surface area contributed by atoms with Crippen molar-refractivity contribution in [2.75, 3.05) is 6.61 Å². The molecule has 2 radical (unpaired) electrons. The Morgan fingerprint density at radius 2 is 2.12 bits per heavy atom. The Bertz CT molecular complexity index is 54.4. The number of hydrogen-bond acceptors (Lipinski definition) is 1. The van der Waals surface area contributed by atoms with Crippen LogP contribution >= 0.6 is 0 Å². The van der Waals surface area contributed by atoms with Crippen LogP contribution in [0.25, 0.3) is 0 Å². The Hall–Kier alpha value is 1.10. The molecule has 0 saturated carbocycles. The van der Waals surface area contributed by atoms with Gasteiger partial charge in [0.05, 0.1) is 0 Å². The quantitative estimate of drug-likeness (QED) is 0.517. The van der Waals surface area contributed by atoms with Gasteiger partial charge in [-0.1, -0.05) is 0 Å². The molecule has 1 aliphatic rings. The molecule has 1 heterocycles. The van der Waals surface area contributed by atoms with Crippen LogP contribution in [0.15, 0.2) is 0 Å². The van der Waals surface area contributed by atoms with E-state index >= 15 is 0 Å². The maximum atomic E-state index is 5.34. The van der Waals surface area contributed by atoms with Gasteiger partial charge in [0.2, 0.25) is 0 Å². The molecule has 3 heteroatoms. The van der Waals surface area contributed by atoms with E-state index in [1.54, 1.807) is 0 Å². The maximum absolute atomic E-state index is 5.34. The summed E-state index contributed by atoms with van der Waals surface area (Å²) in [7, 11) is 1.23. The van der Waals surface area contributed by atoms with Crippen molar-refractivity contribution >= 4 is 37.5 Å². The van der Waals surface area contributed by atoms with Gasteiger partial charge in [-0.15, -0.1) is 0 Å². The second-order valence-corrected chi connectivity index (χ2v) is 3.47. The summed E-state index contributed by atoms with van der Waals surface area (Å²) in [4.78, 5) is 0. The molecule has 0 spiro atoms. The van der Waals surface area contributed by atoms with E-state index in [9.17, 15) is 0 Å². The van der Waals surface area contributed by atoms with Gasteiger partial charge in [-0.25, -0.2) is 0 Å². The van der Waals surface area contributed by atoms with Crippen molar-refractivity contribution in [1.82, 2.24) is 0 Å². The van der Waals surface area contributed by atoms with E-state index < -0.39 is 0 Å². The van der Waals surface area contributed by atoms with Gasteiger partial charge < -0.3 is 4.74 Å². The Labute approximate surface area is 73.8 Å². The van der Waals surface area contributed by atoms with E-state index in [1.807, 2.05) is 0 Å². The number of hydrogen-bond donors (Lipinski definition) is 0. The first-order chi connectivity index (χ1) is 3.39. The summed E-state index contributed by atoms with van der Waals surface area (Å²) in [6.07, 6.45) is 4.01. The van der Waals surface area contributed by atoms with Gasteiger partial charge in [0.25, 0.3) is 0 Å². The van der Waals surface area contributed by atoms with Crippen molar-refractivity contribution in [3.05, 3.63) is 0 Å². The van der Waals surface area contributed by atoms with E-state index in [0.717, 1.165) is 6.61 Å². The van der Waals surface area contributed by atoms with E-state index in [0.29, 0.717) is 5.73 Å². The van der Waals surface area contributed by atoms with Crippen molar-refractivity contribution in [1.29, 1.82) is 0 Å². The molecule has 1 fully saturated rings. The Kier molecular flexibility index (Phi) is 5.61. The zero-order chi connectivity index (χ0) is 5.11. The fourth-order valence-electron chi connectivity index (χ4n) is 0.902. The minimum absolute atomic E-state index is 0. The van der Waals surface area contributed by atoms with Crippen molar-refractivity contribution < 1.29 is 4.74 Å².